The van der Waals surface area contributed by atoms with Crippen molar-refractivity contribution in [3.8, 4) is 11.1 Å². The van der Waals surface area contributed by atoms with E-state index in [1.54, 1.807) is 24.3 Å². The number of aliphatic hydroxyl groups is 1. The van der Waals surface area contributed by atoms with Crippen LogP contribution in [0.4, 0.5) is 0 Å². The van der Waals surface area contributed by atoms with Gasteiger partial charge in [-0.3, -0.25) is 9.59 Å². The molecule has 0 saturated carbocycles. The molecule has 0 unspecified atom stereocenters. The summed E-state index contributed by atoms with van der Waals surface area (Å²) >= 11 is 6.29. The van der Waals surface area contributed by atoms with E-state index in [2.05, 4.69) is 10.5 Å². The summed E-state index contributed by atoms with van der Waals surface area (Å²) in [5.74, 6) is -0.650. The van der Waals surface area contributed by atoms with Gasteiger partial charge >= 0.3 is 0 Å². The molecule has 35 heavy (non-hydrogen) atoms. The second-order valence-electron chi connectivity index (χ2n) is 8.22. The van der Waals surface area contributed by atoms with Gasteiger partial charge in [-0.2, -0.15) is 0 Å². The van der Waals surface area contributed by atoms with Crippen LogP contribution in [0.15, 0.2) is 84.0 Å². The third kappa shape index (κ3) is 5.70. The number of carbonyl (C=O) groups is 2. The highest BCUT2D eigenvalue weighted by atomic mass is 35.5. The Labute approximate surface area is 209 Å². The Balaban J connectivity index is 1.49. The molecule has 2 atom stereocenters. The maximum atomic E-state index is 13.4. The van der Waals surface area contributed by atoms with Crippen LogP contribution >= 0.6 is 11.6 Å². The van der Waals surface area contributed by atoms with Crippen molar-refractivity contribution < 1.29 is 19.5 Å². The molecule has 4 rings (SSSR count). The Morgan fingerprint density at radius 2 is 1.77 bits per heavy atom. The van der Waals surface area contributed by atoms with Crippen molar-refractivity contribution in [3.05, 3.63) is 95.0 Å². The summed E-state index contributed by atoms with van der Waals surface area (Å²) in [6, 6.07) is 22.9. The van der Waals surface area contributed by atoms with Crippen molar-refractivity contribution in [2.75, 3.05) is 20.2 Å². The summed E-state index contributed by atoms with van der Waals surface area (Å²) in [7, 11) is 1.43. The van der Waals surface area contributed by atoms with Crippen LogP contribution in [0.2, 0.25) is 5.02 Å². The topological polar surface area (TPSA) is 91.2 Å². The van der Waals surface area contributed by atoms with E-state index in [1.807, 2.05) is 54.6 Å². The number of carbonyl (C=O) groups excluding carboxylic acids is 2. The molecule has 2 amide bonds. The molecule has 0 radical (unpaired) electrons. The molecule has 1 saturated heterocycles. The monoisotopic (exact) mass is 491 g/mol. The molecule has 2 N–H and O–H groups in total. The van der Waals surface area contributed by atoms with E-state index in [0.717, 1.165) is 11.1 Å². The molecule has 1 fully saturated rings. The van der Waals surface area contributed by atoms with Crippen LogP contribution in [-0.4, -0.2) is 53.8 Å². The van der Waals surface area contributed by atoms with Crippen molar-refractivity contribution in [2.45, 2.75) is 18.6 Å². The summed E-state index contributed by atoms with van der Waals surface area (Å²) in [4.78, 5) is 32.8. The van der Waals surface area contributed by atoms with Gasteiger partial charge in [-0.05, 0) is 29.3 Å². The van der Waals surface area contributed by atoms with Gasteiger partial charge in [0.25, 0.3) is 5.91 Å². The smallest absolute Gasteiger partial charge is 0.254 e. The number of nitrogens with one attached hydrogen (secondary N) is 1. The molecule has 1 aliphatic rings. The van der Waals surface area contributed by atoms with E-state index in [9.17, 15) is 14.7 Å². The highest BCUT2D eigenvalue weighted by molar-refractivity contribution is 6.33. The first-order valence-electron chi connectivity index (χ1n) is 11.2. The lowest BCUT2D eigenvalue weighted by atomic mass is 10.0. The van der Waals surface area contributed by atoms with E-state index in [4.69, 9.17) is 16.4 Å². The lowest BCUT2D eigenvalue weighted by Crippen LogP contribution is -2.46. The zero-order valence-electron chi connectivity index (χ0n) is 19.2. The van der Waals surface area contributed by atoms with Crippen LogP contribution in [0.1, 0.15) is 28.4 Å². The number of oxime groups is 1. The summed E-state index contributed by atoms with van der Waals surface area (Å²) < 4.78 is 0. The third-order valence-corrected chi connectivity index (χ3v) is 6.24. The normalized spacial score (nSPS) is 17.3. The van der Waals surface area contributed by atoms with Crippen LogP contribution in [0, 0.1) is 0 Å². The average molecular weight is 492 g/mol. The van der Waals surface area contributed by atoms with Crippen molar-refractivity contribution in [1.29, 1.82) is 0 Å². The third-order valence-electron chi connectivity index (χ3n) is 5.91. The molecule has 0 bridgehead atoms. The van der Waals surface area contributed by atoms with Crippen LogP contribution in [0.25, 0.3) is 11.1 Å². The number of amides is 2. The van der Waals surface area contributed by atoms with Gasteiger partial charge in [0.05, 0.1) is 18.4 Å². The largest absolute Gasteiger partial charge is 0.399 e. The highest BCUT2D eigenvalue weighted by Crippen LogP contribution is 2.28. The van der Waals surface area contributed by atoms with Crippen LogP contribution in [-0.2, 0) is 9.63 Å². The fourth-order valence-corrected chi connectivity index (χ4v) is 4.35. The van der Waals surface area contributed by atoms with Gasteiger partial charge in [-0.25, -0.2) is 0 Å². The highest BCUT2D eigenvalue weighted by Gasteiger charge is 2.38. The Kier molecular flexibility index (Phi) is 7.80. The quantitative estimate of drug-likeness (QED) is 0.487. The number of rotatable bonds is 7. The number of hydrogen-bond donors (Lipinski definition) is 2. The number of nitrogens with zero attached hydrogens (tertiary/aromatic N) is 2. The molecule has 8 heteroatoms. The number of likely N-dealkylation sites (tertiary alicyclic amines) is 1. The Morgan fingerprint density at radius 3 is 2.46 bits per heavy atom. The van der Waals surface area contributed by atoms with Crippen LogP contribution < -0.4 is 5.32 Å². The van der Waals surface area contributed by atoms with E-state index in [-0.39, 0.29) is 31.3 Å². The van der Waals surface area contributed by atoms with Gasteiger partial charge in [0, 0.05) is 29.1 Å². The second-order valence-corrected chi connectivity index (χ2v) is 8.63. The molecule has 0 aliphatic carbocycles. The van der Waals surface area contributed by atoms with Gasteiger partial charge < -0.3 is 20.2 Å². The van der Waals surface area contributed by atoms with Gasteiger partial charge in [0.2, 0.25) is 5.91 Å². The molecule has 0 aromatic heterocycles. The molecule has 0 spiro atoms. The first-order valence-corrected chi connectivity index (χ1v) is 11.6. The maximum Gasteiger partial charge on any atom is 0.254 e. The lowest BCUT2D eigenvalue weighted by Gasteiger charge is -2.24. The molecule has 180 valence electrons. The first kappa shape index (κ1) is 24.4. The van der Waals surface area contributed by atoms with E-state index >= 15 is 0 Å². The zero-order valence-corrected chi connectivity index (χ0v) is 20.0. The molecule has 7 nitrogen and oxygen atoms in total. The van der Waals surface area contributed by atoms with E-state index in [0.29, 0.717) is 21.9 Å². The minimum absolute atomic E-state index is 0.0324. The molecule has 1 heterocycles. The summed E-state index contributed by atoms with van der Waals surface area (Å²) in [5.41, 5.74) is 3.50. The molecular formula is C27H26ClN3O4. The van der Waals surface area contributed by atoms with Gasteiger partial charge in [0.1, 0.15) is 13.2 Å². The molecule has 1 aliphatic heterocycles. The minimum atomic E-state index is -0.852. The maximum absolute atomic E-state index is 13.4. The second kappa shape index (κ2) is 11.2. The predicted molar refractivity (Wildman–Crippen MR) is 135 cm³/mol. The SMILES string of the molecule is CON=C1C[C@@H](C(=O)NC[C@@H](O)c2ccccc2)N(C(=O)c2ccc(-c3ccccc3Cl)cc2)C1. The van der Waals surface area contributed by atoms with Crippen molar-refractivity contribution in [3.63, 3.8) is 0 Å². The fourth-order valence-electron chi connectivity index (χ4n) is 4.11. The first-order chi connectivity index (χ1) is 17.0. The molecule has 3 aromatic carbocycles. The van der Waals surface area contributed by atoms with Gasteiger partial charge in [-0.15, -0.1) is 0 Å². The Hall–Kier alpha value is -3.68. The summed E-state index contributed by atoms with van der Waals surface area (Å²) in [6.07, 6.45) is -0.597. The van der Waals surface area contributed by atoms with Crippen molar-refractivity contribution >= 4 is 29.1 Å². The number of halogens is 1. The zero-order chi connectivity index (χ0) is 24.8. The van der Waals surface area contributed by atoms with Crippen LogP contribution in [0.3, 0.4) is 0 Å². The number of hydrogen-bond acceptors (Lipinski definition) is 5. The average Bonchev–Trinajstić information content (AvgIpc) is 3.32. The minimum Gasteiger partial charge on any atom is -0.399 e. The molecular weight excluding hydrogens is 466 g/mol. The van der Waals surface area contributed by atoms with E-state index < -0.39 is 12.1 Å². The van der Waals surface area contributed by atoms with Gasteiger partial charge in [0.15, 0.2) is 0 Å². The molecule has 3 aromatic rings. The van der Waals surface area contributed by atoms with Crippen molar-refractivity contribution in [2.24, 2.45) is 5.16 Å². The van der Waals surface area contributed by atoms with E-state index in [1.165, 1.54) is 12.0 Å². The summed E-state index contributed by atoms with van der Waals surface area (Å²) in [6.45, 7) is 0.211. The number of benzene rings is 3. The predicted octanol–water partition coefficient (Wildman–Crippen LogP) is 4.07. The number of aliphatic hydroxyl groups excluding tert-OH is 1. The fraction of sp³-hybridized carbons (Fsp3) is 0.222. The Morgan fingerprint density at radius 1 is 1.09 bits per heavy atom. The lowest BCUT2D eigenvalue weighted by molar-refractivity contribution is -0.125. The Bertz CT molecular complexity index is 1210. The summed E-state index contributed by atoms with van der Waals surface area (Å²) in [5, 5.41) is 17.8. The van der Waals surface area contributed by atoms with Gasteiger partial charge in [-0.1, -0.05) is 77.4 Å². The van der Waals surface area contributed by atoms with Crippen molar-refractivity contribution in [1.82, 2.24) is 10.2 Å². The van der Waals surface area contributed by atoms with Crippen LogP contribution in [0.5, 0.6) is 0 Å². The standard InChI is InChI=1S/C27H26ClN3O4/c1-35-30-21-15-24(26(33)29-16-25(32)19-7-3-2-4-8-19)31(17-21)27(34)20-13-11-18(12-14-20)22-9-5-6-10-23(22)28/h2-14,24-25,32H,15-17H2,1H3,(H,29,33)/t24-,25+/m0/s1.